The van der Waals surface area contributed by atoms with Crippen LogP contribution in [0.4, 0.5) is 0 Å². The fourth-order valence-electron chi connectivity index (χ4n) is 1.45. The summed E-state index contributed by atoms with van der Waals surface area (Å²) in [6.07, 6.45) is 0. The molecular weight excluding hydrogens is 264 g/mol. The number of hydrogen-bond donors (Lipinski definition) is 1. The highest BCUT2D eigenvalue weighted by Gasteiger charge is 2.29. The lowest BCUT2D eigenvalue weighted by Gasteiger charge is -2.25. The molecule has 4 nitrogen and oxygen atoms in total. The SMILES string of the molecule is CN(C)CCNC(=O)C(C)(C)Oc1ccc(Cl)cc1. The highest BCUT2D eigenvalue weighted by Crippen LogP contribution is 2.20. The summed E-state index contributed by atoms with van der Waals surface area (Å²) in [5, 5.41) is 3.49. The Labute approximate surface area is 119 Å². The van der Waals surface area contributed by atoms with Gasteiger partial charge in [0, 0.05) is 18.1 Å². The van der Waals surface area contributed by atoms with Crippen LogP contribution in [0.3, 0.4) is 0 Å². The number of halogens is 1. The van der Waals surface area contributed by atoms with Crippen molar-refractivity contribution in [2.75, 3.05) is 27.2 Å². The van der Waals surface area contributed by atoms with Gasteiger partial charge in [-0.15, -0.1) is 0 Å². The van der Waals surface area contributed by atoms with Crippen molar-refractivity contribution in [3.05, 3.63) is 29.3 Å². The average molecular weight is 285 g/mol. The highest BCUT2D eigenvalue weighted by atomic mass is 35.5. The van der Waals surface area contributed by atoms with Gasteiger partial charge in [-0.3, -0.25) is 4.79 Å². The molecule has 5 heteroatoms. The molecular formula is C14H21ClN2O2. The molecule has 0 aliphatic rings. The predicted octanol–water partition coefficient (Wildman–Crippen LogP) is 2.18. The molecule has 0 fully saturated rings. The summed E-state index contributed by atoms with van der Waals surface area (Å²) in [4.78, 5) is 14.0. The van der Waals surface area contributed by atoms with Crippen LogP contribution in [0.5, 0.6) is 5.75 Å². The van der Waals surface area contributed by atoms with Gasteiger partial charge in [-0.2, -0.15) is 0 Å². The molecule has 1 N–H and O–H groups in total. The number of carbonyl (C=O) groups is 1. The van der Waals surface area contributed by atoms with Crippen LogP contribution in [0.25, 0.3) is 0 Å². The molecule has 1 aromatic carbocycles. The summed E-state index contributed by atoms with van der Waals surface area (Å²) < 4.78 is 5.69. The van der Waals surface area contributed by atoms with E-state index in [0.717, 1.165) is 6.54 Å². The van der Waals surface area contributed by atoms with Gasteiger partial charge in [0.1, 0.15) is 5.75 Å². The Bertz CT molecular complexity index is 416. The first-order valence-corrected chi connectivity index (χ1v) is 6.56. The number of nitrogens with zero attached hydrogens (tertiary/aromatic N) is 1. The lowest BCUT2D eigenvalue weighted by molar-refractivity contribution is -0.134. The molecule has 0 unspecified atom stereocenters. The number of rotatable bonds is 6. The molecule has 0 aliphatic heterocycles. The summed E-state index contributed by atoms with van der Waals surface area (Å²) in [6, 6.07) is 6.96. The lowest BCUT2D eigenvalue weighted by Crippen LogP contribution is -2.48. The van der Waals surface area contributed by atoms with Crippen molar-refractivity contribution >= 4 is 17.5 Å². The molecule has 1 rings (SSSR count). The second-order valence-electron chi connectivity index (χ2n) is 5.13. The predicted molar refractivity (Wildman–Crippen MR) is 77.7 cm³/mol. The summed E-state index contributed by atoms with van der Waals surface area (Å²) in [7, 11) is 3.92. The van der Waals surface area contributed by atoms with Crippen LogP contribution in [0.15, 0.2) is 24.3 Å². The largest absolute Gasteiger partial charge is 0.478 e. The van der Waals surface area contributed by atoms with E-state index < -0.39 is 5.60 Å². The third kappa shape index (κ3) is 5.49. The number of hydrogen-bond acceptors (Lipinski definition) is 3. The van der Waals surface area contributed by atoms with Crippen LogP contribution in [0.1, 0.15) is 13.8 Å². The standard InChI is InChI=1S/C14H21ClN2O2/c1-14(2,13(18)16-9-10-17(3)4)19-12-7-5-11(15)6-8-12/h5-8H,9-10H2,1-4H3,(H,16,18). The number of amides is 1. The Kier molecular flexibility index (Phi) is 5.63. The van der Waals surface area contributed by atoms with Crippen molar-refractivity contribution < 1.29 is 9.53 Å². The lowest BCUT2D eigenvalue weighted by atomic mass is 10.1. The van der Waals surface area contributed by atoms with Crippen molar-refractivity contribution in [3.63, 3.8) is 0 Å². The summed E-state index contributed by atoms with van der Waals surface area (Å²) in [5.74, 6) is 0.487. The Morgan fingerprint density at radius 3 is 2.42 bits per heavy atom. The van der Waals surface area contributed by atoms with Gasteiger partial charge < -0.3 is 15.0 Å². The molecule has 0 radical (unpaired) electrons. The highest BCUT2D eigenvalue weighted by molar-refractivity contribution is 6.30. The van der Waals surface area contributed by atoms with Gasteiger partial charge >= 0.3 is 0 Å². The maximum Gasteiger partial charge on any atom is 0.263 e. The maximum absolute atomic E-state index is 12.0. The Morgan fingerprint density at radius 1 is 1.32 bits per heavy atom. The maximum atomic E-state index is 12.0. The monoisotopic (exact) mass is 284 g/mol. The van der Waals surface area contributed by atoms with Crippen LogP contribution in [0, 0.1) is 0 Å². The summed E-state index contributed by atoms with van der Waals surface area (Å²) in [5.41, 5.74) is -0.917. The second kappa shape index (κ2) is 6.78. The number of carbonyl (C=O) groups excluding carboxylic acids is 1. The molecule has 0 spiro atoms. The van der Waals surface area contributed by atoms with Gasteiger partial charge in [0.05, 0.1) is 0 Å². The third-order valence-corrected chi connectivity index (χ3v) is 2.83. The summed E-state index contributed by atoms with van der Waals surface area (Å²) >= 11 is 5.80. The molecule has 0 heterocycles. The van der Waals surface area contributed by atoms with Gasteiger partial charge in [-0.05, 0) is 52.2 Å². The zero-order chi connectivity index (χ0) is 14.5. The van der Waals surface area contributed by atoms with Crippen LogP contribution in [-0.2, 0) is 4.79 Å². The van der Waals surface area contributed by atoms with E-state index in [1.807, 2.05) is 19.0 Å². The smallest absolute Gasteiger partial charge is 0.263 e. The Balaban J connectivity index is 2.54. The fraction of sp³-hybridized carbons (Fsp3) is 0.500. The second-order valence-corrected chi connectivity index (χ2v) is 5.56. The molecule has 0 atom stereocenters. The van der Waals surface area contributed by atoms with Crippen molar-refractivity contribution in [1.82, 2.24) is 10.2 Å². The molecule has 1 amide bonds. The third-order valence-electron chi connectivity index (χ3n) is 2.58. The Hall–Kier alpha value is -1.26. The minimum Gasteiger partial charge on any atom is -0.478 e. The van der Waals surface area contributed by atoms with Gasteiger partial charge in [0.2, 0.25) is 0 Å². The topological polar surface area (TPSA) is 41.6 Å². The molecule has 106 valence electrons. The first-order chi connectivity index (χ1) is 8.81. The molecule has 19 heavy (non-hydrogen) atoms. The minimum atomic E-state index is -0.917. The van der Waals surface area contributed by atoms with Crippen LogP contribution >= 0.6 is 11.6 Å². The van der Waals surface area contributed by atoms with E-state index >= 15 is 0 Å². The van der Waals surface area contributed by atoms with Gasteiger partial charge in [-0.1, -0.05) is 11.6 Å². The quantitative estimate of drug-likeness (QED) is 0.870. The van der Waals surface area contributed by atoms with Gasteiger partial charge in [0.15, 0.2) is 5.60 Å². The first kappa shape index (κ1) is 15.8. The Morgan fingerprint density at radius 2 is 1.89 bits per heavy atom. The molecule has 0 saturated heterocycles. The fourth-order valence-corrected chi connectivity index (χ4v) is 1.58. The molecule has 0 aliphatic carbocycles. The first-order valence-electron chi connectivity index (χ1n) is 6.19. The van der Waals surface area contributed by atoms with Crippen LogP contribution in [-0.4, -0.2) is 43.6 Å². The van der Waals surface area contributed by atoms with E-state index in [-0.39, 0.29) is 5.91 Å². The average Bonchev–Trinajstić information content (AvgIpc) is 2.31. The normalized spacial score (nSPS) is 11.5. The zero-order valence-corrected chi connectivity index (χ0v) is 12.6. The van der Waals surface area contributed by atoms with Crippen LogP contribution in [0.2, 0.25) is 5.02 Å². The van der Waals surface area contributed by atoms with E-state index in [9.17, 15) is 4.79 Å². The van der Waals surface area contributed by atoms with E-state index in [4.69, 9.17) is 16.3 Å². The van der Waals surface area contributed by atoms with Crippen molar-refractivity contribution in [3.8, 4) is 5.75 Å². The number of benzene rings is 1. The van der Waals surface area contributed by atoms with Crippen LogP contribution < -0.4 is 10.1 Å². The van der Waals surface area contributed by atoms with Crippen molar-refractivity contribution in [2.45, 2.75) is 19.4 Å². The summed E-state index contributed by atoms with van der Waals surface area (Å²) in [6.45, 7) is 4.88. The van der Waals surface area contributed by atoms with E-state index in [0.29, 0.717) is 17.3 Å². The number of ether oxygens (including phenoxy) is 1. The number of nitrogens with one attached hydrogen (secondary N) is 1. The number of likely N-dealkylation sites (N-methyl/N-ethyl adjacent to an activating group) is 1. The molecule has 0 aromatic heterocycles. The van der Waals surface area contributed by atoms with E-state index in [2.05, 4.69) is 5.32 Å². The van der Waals surface area contributed by atoms with E-state index in [1.54, 1.807) is 38.1 Å². The molecule has 1 aromatic rings. The molecule has 0 bridgehead atoms. The van der Waals surface area contributed by atoms with Crippen molar-refractivity contribution in [2.24, 2.45) is 0 Å². The van der Waals surface area contributed by atoms with Gasteiger partial charge in [-0.25, -0.2) is 0 Å². The molecule has 0 saturated carbocycles. The minimum absolute atomic E-state index is 0.135. The van der Waals surface area contributed by atoms with Gasteiger partial charge in [0.25, 0.3) is 5.91 Å². The van der Waals surface area contributed by atoms with Crippen molar-refractivity contribution in [1.29, 1.82) is 0 Å². The zero-order valence-electron chi connectivity index (χ0n) is 11.9. The van der Waals surface area contributed by atoms with E-state index in [1.165, 1.54) is 0 Å².